The van der Waals surface area contributed by atoms with Crippen LogP contribution in [0, 0.1) is 5.41 Å². The molecule has 2 N–H and O–H groups in total. The number of allylic oxidation sites excluding steroid dienone is 10. The molecule has 0 unspecified atom stereocenters. The van der Waals surface area contributed by atoms with Crippen molar-refractivity contribution in [3.8, 4) is 0 Å². The molecule has 0 fully saturated rings. The van der Waals surface area contributed by atoms with Gasteiger partial charge in [0.25, 0.3) is 0 Å². The van der Waals surface area contributed by atoms with E-state index >= 15 is 0 Å². The van der Waals surface area contributed by atoms with E-state index in [2.05, 4.69) is 41.8 Å². The highest BCUT2D eigenvalue weighted by Gasteiger charge is 2.02. The summed E-state index contributed by atoms with van der Waals surface area (Å²) < 4.78 is 0. The second-order valence-electron chi connectivity index (χ2n) is 5.95. The van der Waals surface area contributed by atoms with E-state index in [0.29, 0.717) is 5.71 Å². The fourth-order valence-electron chi connectivity index (χ4n) is 2.56. The Kier molecular flexibility index (Phi) is 11.0. The lowest BCUT2D eigenvalue weighted by molar-refractivity contribution is 0.878. The van der Waals surface area contributed by atoms with Gasteiger partial charge in [-0.2, -0.15) is 0 Å². The van der Waals surface area contributed by atoms with E-state index in [1.807, 2.05) is 76.3 Å². The van der Waals surface area contributed by atoms with Gasteiger partial charge in [0.2, 0.25) is 0 Å². The third-order valence-corrected chi connectivity index (χ3v) is 3.78. The minimum Gasteiger partial charge on any atom is -0.385 e. The predicted molar refractivity (Wildman–Crippen MR) is 120 cm³/mol. The van der Waals surface area contributed by atoms with Gasteiger partial charge in [0.15, 0.2) is 0 Å². The molecule has 2 nitrogen and oxygen atoms in total. The third-order valence-electron chi connectivity index (χ3n) is 3.78. The molecule has 27 heavy (non-hydrogen) atoms. The molecule has 2 bridgehead atoms. The fourth-order valence-corrected chi connectivity index (χ4v) is 2.56. The molecule has 1 aliphatic heterocycles. The molecule has 1 heterocycles. The van der Waals surface area contributed by atoms with Crippen molar-refractivity contribution in [1.82, 2.24) is 5.32 Å². The minimum atomic E-state index is 0.557. The van der Waals surface area contributed by atoms with Crippen molar-refractivity contribution >= 4 is 5.71 Å². The highest BCUT2D eigenvalue weighted by molar-refractivity contribution is 6.06. The zero-order chi connectivity index (χ0) is 19.9. The van der Waals surface area contributed by atoms with Gasteiger partial charge in [-0.05, 0) is 42.7 Å². The second-order valence-corrected chi connectivity index (χ2v) is 5.95. The van der Waals surface area contributed by atoms with Crippen molar-refractivity contribution in [2.75, 3.05) is 6.54 Å². The van der Waals surface area contributed by atoms with Gasteiger partial charge >= 0.3 is 0 Å². The van der Waals surface area contributed by atoms with E-state index in [0.717, 1.165) is 24.1 Å². The van der Waals surface area contributed by atoms with Crippen LogP contribution < -0.4 is 5.32 Å². The summed E-state index contributed by atoms with van der Waals surface area (Å²) in [7, 11) is 0. The van der Waals surface area contributed by atoms with Gasteiger partial charge in [0, 0.05) is 18.7 Å². The van der Waals surface area contributed by atoms with Crippen molar-refractivity contribution in [2.24, 2.45) is 0 Å². The molecule has 3 rings (SSSR count). The van der Waals surface area contributed by atoms with E-state index in [-0.39, 0.29) is 0 Å². The van der Waals surface area contributed by atoms with Crippen LogP contribution in [0.25, 0.3) is 0 Å². The van der Waals surface area contributed by atoms with Gasteiger partial charge in [0.05, 0.1) is 5.71 Å². The molecular weight excluding hydrogens is 328 g/mol. The van der Waals surface area contributed by atoms with Crippen LogP contribution in [0.1, 0.15) is 39.7 Å². The Hall–Kier alpha value is -2.87. The quantitative estimate of drug-likeness (QED) is 0.467. The van der Waals surface area contributed by atoms with Crippen LogP contribution in [0.5, 0.6) is 0 Å². The lowest BCUT2D eigenvalue weighted by Gasteiger charge is -2.03. The highest BCUT2D eigenvalue weighted by atomic mass is 14.9. The maximum atomic E-state index is 7.83. The first-order valence-electron chi connectivity index (χ1n) is 9.61. The van der Waals surface area contributed by atoms with Crippen molar-refractivity contribution in [3.05, 3.63) is 107 Å². The first-order valence-corrected chi connectivity index (χ1v) is 9.61. The average Bonchev–Trinajstić information content (AvgIpc) is 3.08. The summed E-state index contributed by atoms with van der Waals surface area (Å²) in [4.78, 5) is 0. The molecule has 0 spiro atoms. The van der Waals surface area contributed by atoms with Crippen molar-refractivity contribution in [2.45, 2.75) is 34.1 Å². The molecule has 0 saturated heterocycles. The van der Waals surface area contributed by atoms with E-state index in [1.54, 1.807) is 0 Å². The van der Waals surface area contributed by atoms with Crippen molar-refractivity contribution in [1.29, 1.82) is 5.41 Å². The Morgan fingerprint density at radius 3 is 2.48 bits per heavy atom. The molecule has 1 aromatic carbocycles. The summed E-state index contributed by atoms with van der Waals surface area (Å²) in [6.45, 7) is 8.93. The number of nitrogens with one attached hydrogen (secondary N) is 2. The fraction of sp³-hybridized carbons (Fsp3) is 0.240. The van der Waals surface area contributed by atoms with E-state index < -0.39 is 0 Å². The molecular formula is C25H32N2. The Balaban J connectivity index is 0.000000252. The molecule has 1 aliphatic carbocycles. The Morgan fingerprint density at radius 1 is 1.07 bits per heavy atom. The van der Waals surface area contributed by atoms with Gasteiger partial charge in [0.1, 0.15) is 0 Å². The van der Waals surface area contributed by atoms with Crippen LogP contribution in [0.4, 0.5) is 0 Å². The minimum absolute atomic E-state index is 0.557. The monoisotopic (exact) mass is 360 g/mol. The number of fused-ring (bicyclic) bond motifs is 2. The van der Waals surface area contributed by atoms with Crippen LogP contribution in [-0.2, 0) is 0 Å². The predicted octanol–water partition coefficient (Wildman–Crippen LogP) is 6.52. The van der Waals surface area contributed by atoms with Crippen LogP contribution in [0.2, 0.25) is 0 Å². The van der Waals surface area contributed by atoms with E-state index in [1.165, 1.54) is 11.3 Å². The Bertz CT molecular complexity index is 757. The molecule has 0 aromatic heterocycles. The second kappa shape index (κ2) is 13.3. The summed E-state index contributed by atoms with van der Waals surface area (Å²) in [6, 6.07) is 9.74. The van der Waals surface area contributed by atoms with Crippen LogP contribution in [-0.4, -0.2) is 12.3 Å². The Morgan fingerprint density at radius 2 is 1.78 bits per heavy atom. The summed E-state index contributed by atoms with van der Waals surface area (Å²) in [5.41, 5.74) is 5.31. The lowest BCUT2D eigenvalue weighted by Crippen LogP contribution is -2.10. The Labute approximate surface area is 164 Å². The maximum Gasteiger partial charge on any atom is 0.0614 e. The summed E-state index contributed by atoms with van der Waals surface area (Å²) in [5.74, 6) is 0. The SMILES string of the molecule is C/C=C/C(C)=C\C(=N)c1ccccc1.C1=CC=C2CC(=C1)C=CCN2.CC. The summed E-state index contributed by atoms with van der Waals surface area (Å²) in [5, 5.41) is 11.2. The van der Waals surface area contributed by atoms with Gasteiger partial charge < -0.3 is 10.7 Å². The van der Waals surface area contributed by atoms with Crippen molar-refractivity contribution in [3.63, 3.8) is 0 Å². The molecule has 0 amide bonds. The highest BCUT2D eigenvalue weighted by Crippen LogP contribution is 2.15. The van der Waals surface area contributed by atoms with Gasteiger partial charge in [-0.3, -0.25) is 0 Å². The third kappa shape index (κ3) is 8.87. The molecule has 1 aromatic rings. The molecule has 0 atom stereocenters. The maximum absolute atomic E-state index is 7.83. The van der Waals surface area contributed by atoms with Crippen LogP contribution in [0.3, 0.4) is 0 Å². The van der Waals surface area contributed by atoms with Crippen molar-refractivity contribution < 1.29 is 0 Å². The van der Waals surface area contributed by atoms with Gasteiger partial charge in [-0.15, -0.1) is 0 Å². The van der Waals surface area contributed by atoms with Gasteiger partial charge in [-0.25, -0.2) is 0 Å². The lowest BCUT2D eigenvalue weighted by atomic mass is 10.1. The number of rotatable bonds is 3. The summed E-state index contributed by atoms with van der Waals surface area (Å²) >= 11 is 0. The number of hydrogen-bond acceptors (Lipinski definition) is 2. The normalized spacial score (nSPS) is 15.0. The molecule has 0 saturated carbocycles. The molecule has 2 heteroatoms. The largest absolute Gasteiger partial charge is 0.385 e. The summed E-state index contributed by atoms with van der Waals surface area (Å²) in [6.07, 6.45) is 19.7. The van der Waals surface area contributed by atoms with E-state index in [9.17, 15) is 0 Å². The zero-order valence-electron chi connectivity index (χ0n) is 17.0. The standard InChI is InChI=1S/C13H15N.C10H11N.C2H6/c1-3-7-11(2)10-13(14)12-8-5-4-6-9-12;1-2-6-10-8-9(4-1)5-3-7-11-10;1-2/h3-10,14H,1-2H3;1-6,11H,7-8H2;1-2H3/b7-3+,11-10-,14-13?;;. The molecule has 2 aliphatic rings. The van der Waals surface area contributed by atoms with Gasteiger partial charge in [-0.1, -0.05) is 86.7 Å². The first kappa shape index (κ1) is 22.2. The smallest absolute Gasteiger partial charge is 0.0614 e. The van der Waals surface area contributed by atoms with E-state index in [4.69, 9.17) is 5.41 Å². The zero-order valence-corrected chi connectivity index (χ0v) is 17.0. The number of benzene rings is 1. The first-order chi connectivity index (χ1) is 13.2. The molecule has 0 radical (unpaired) electrons. The average molecular weight is 361 g/mol. The molecule has 142 valence electrons. The van der Waals surface area contributed by atoms with Crippen LogP contribution in [0.15, 0.2) is 102 Å². The van der Waals surface area contributed by atoms with Crippen LogP contribution >= 0.6 is 0 Å². The number of hydrogen-bond donors (Lipinski definition) is 2. The topological polar surface area (TPSA) is 35.9 Å².